The number of methoxy groups -OCH3 is 1. The second-order valence-electron chi connectivity index (χ2n) is 3.72. The fourth-order valence-electron chi connectivity index (χ4n) is 1.35. The lowest BCUT2D eigenvalue weighted by Crippen LogP contribution is -2.08. The molecule has 0 bridgehead atoms. The summed E-state index contributed by atoms with van der Waals surface area (Å²) in [7, 11) is 1.55. The van der Waals surface area contributed by atoms with Crippen molar-refractivity contribution < 1.29 is 19.4 Å². The maximum Gasteiger partial charge on any atom is 0.307 e. The van der Waals surface area contributed by atoms with E-state index in [1.807, 2.05) is 13.8 Å². The van der Waals surface area contributed by atoms with E-state index >= 15 is 0 Å². The van der Waals surface area contributed by atoms with E-state index in [9.17, 15) is 4.79 Å². The lowest BCUT2D eigenvalue weighted by Gasteiger charge is -2.14. The Kier molecular flexibility index (Phi) is 4.17. The molecule has 1 aromatic rings. The van der Waals surface area contributed by atoms with E-state index in [1.165, 1.54) is 0 Å². The summed E-state index contributed by atoms with van der Waals surface area (Å²) in [4.78, 5) is 10.6. The van der Waals surface area contributed by atoms with Crippen LogP contribution in [0, 0.1) is 0 Å². The van der Waals surface area contributed by atoms with Gasteiger partial charge in [-0.25, -0.2) is 0 Å². The van der Waals surface area contributed by atoms with Gasteiger partial charge in [-0.15, -0.1) is 0 Å². The summed E-state index contributed by atoms with van der Waals surface area (Å²) >= 11 is 0. The minimum atomic E-state index is -0.860. The normalized spacial score (nSPS) is 10.2. The molecule has 0 unspecified atom stereocenters. The number of rotatable bonds is 5. The van der Waals surface area contributed by atoms with Gasteiger partial charge in [0.15, 0.2) is 11.5 Å². The number of ether oxygens (including phenoxy) is 2. The van der Waals surface area contributed by atoms with Crippen LogP contribution in [0.4, 0.5) is 0 Å². The van der Waals surface area contributed by atoms with Gasteiger partial charge in [-0.2, -0.15) is 0 Å². The second-order valence-corrected chi connectivity index (χ2v) is 3.72. The Labute approximate surface area is 94.8 Å². The van der Waals surface area contributed by atoms with Crippen LogP contribution in [0.5, 0.6) is 11.5 Å². The number of aliphatic carboxylic acids is 1. The van der Waals surface area contributed by atoms with Gasteiger partial charge in [0.1, 0.15) is 0 Å². The Morgan fingerprint density at radius 1 is 1.38 bits per heavy atom. The summed E-state index contributed by atoms with van der Waals surface area (Å²) < 4.78 is 10.7. The van der Waals surface area contributed by atoms with Gasteiger partial charge in [0.25, 0.3) is 0 Å². The number of hydrogen-bond donors (Lipinski definition) is 1. The first-order chi connectivity index (χ1) is 7.52. The van der Waals surface area contributed by atoms with Crippen LogP contribution in [0.1, 0.15) is 19.4 Å². The molecule has 0 aliphatic rings. The minimum absolute atomic E-state index is 0.0154. The van der Waals surface area contributed by atoms with E-state index < -0.39 is 5.97 Å². The standard InChI is InChI=1S/C12H16O4/c1-8(2)16-11-6-9(7-12(13)14)4-5-10(11)15-3/h4-6,8H,7H2,1-3H3,(H,13,14). The van der Waals surface area contributed by atoms with Crippen LogP contribution in [-0.2, 0) is 11.2 Å². The van der Waals surface area contributed by atoms with Crippen molar-refractivity contribution in [3.05, 3.63) is 23.8 Å². The van der Waals surface area contributed by atoms with Gasteiger partial charge in [0, 0.05) is 0 Å². The van der Waals surface area contributed by atoms with Crippen LogP contribution in [0.3, 0.4) is 0 Å². The summed E-state index contributed by atoms with van der Waals surface area (Å²) in [6, 6.07) is 5.14. The molecule has 4 heteroatoms. The lowest BCUT2D eigenvalue weighted by molar-refractivity contribution is -0.136. The topological polar surface area (TPSA) is 55.8 Å². The molecule has 0 aliphatic carbocycles. The molecule has 1 aromatic carbocycles. The molecule has 4 nitrogen and oxygen atoms in total. The highest BCUT2D eigenvalue weighted by molar-refractivity contribution is 5.70. The first kappa shape index (κ1) is 12.4. The predicted molar refractivity (Wildman–Crippen MR) is 60.1 cm³/mol. The lowest BCUT2D eigenvalue weighted by atomic mass is 10.1. The van der Waals surface area contributed by atoms with Gasteiger partial charge >= 0.3 is 5.97 Å². The van der Waals surface area contributed by atoms with Crippen LogP contribution in [0.15, 0.2) is 18.2 Å². The minimum Gasteiger partial charge on any atom is -0.493 e. The van der Waals surface area contributed by atoms with Gasteiger partial charge < -0.3 is 14.6 Å². The summed E-state index contributed by atoms with van der Waals surface area (Å²) in [5.74, 6) is 0.333. The van der Waals surface area contributed by atoms with Gasteiger partial charge in [0.2, 0.25) is 0 Å². The van der Waals surface area contributed by atoms with Gasteiger partial charge in [-0.05, 0) is 31.5 Å². The number of carboxylic acids is 1. The Morgan fingerprint density at radius 3 is 2.56 bits per heavy atom. The predicted octanol–water partition coefficient (Wildman–Crippen LogP) is 2.11. The van der Waals surface area contributed by atoms with E-state index in [0.717, 1.165) is 0 Å². The fourth-order valence-corrected chi connectivity index (χ4v) is 1.35. The molecule has 16 heavy (non-hydrogen) atoms. The molecule has 0 saturated heterocycles. The SMILES string of the molecule is COc1ccc(CC(=O)O)cc1OC(C)C. The van der Waals surface area contributed by atoms with Crippen molar-refractivity contribution in [3.8, 4) is 11.5 Å². The van der Waals surface area contributed by atoms with Crippen LogP contribution >= 0.6 is 0 Å². The molecule has 0 amide bonds. The Hall–Kier alpha value is -1.71. The van der Waals surface area contributed by atoms with Crippen molar-refractivity contribution in [3.63, 3.8) is 0 Å². The zero-order valence-corrected chi connectivity index (χ0v) is 9.69. The van der Waals surface area contributed by atoms with Crippen molar-refractivity contribution in [1.82, 2.24) is 0 Å². The maximum absolute atomic E-state index is 10.6. The zero-order chi connectivity index (χ0) is 12.1. The molecule has 1 rings (SSSR count). The molecular formula is C12H16O4. The van der Waals surface area contributed by atoms with E-state index in [0.29, 0.717) is 17.1 Å². The number of benzene rings is 1. The molecule has 0 atom stereocenters. The van der Waals surface area contributed by atoms with Crippen LogP contribution in [-0.4, -0.2) is 24.3 Å². The van der Waals surface area contributed by atoms with Gasteiger partial charge in [-0.3, -0.25) is 4.79 Å². The summed E-state index contributed by atoms with van der Waals surface area (Å²) in [5, 5.41) is 8.69. The second kappa shape index (κ2) is 5.39. The van der Waals surface area contributed by atoms with Gasteiger partial charge in [0.05, 0.1) is 19.6 Å². The first-order valence-electron chi connectivity index (χ1n) is 5.08. The number of hydrogen-bond acceptors (Lipinski definition) is 3. The third-order valence-corrected chi connectivity index (χ3v) is 1.95. The molecule has 0 radical (unpaired) electrons. The van der Waals surface area contributed by atoms with Crippen molar-refractivity contribution in [2.45, 2.75) is 26.4 Å². The largest absolute Gasteiger partial charge is 0.493 e. The molecule has 0 aromatic heterocycles. The molecule has 0 spiro atoms. The summed E-state index contributed by atoms with van der Waals surface area (Å²) in [6.07, 6.45) is 0.00677. The van der Waals surface area contributed by atoms with E-state index in [1.54, 1.807) is 25.3 Å². The third kappa shape index (κ3) is 3.46. The fraction of sp³-hybridized carbons (Fsp3) is 0.417. The van der Waals surface area contributed by atoms with Crippen molar-refractivity contribution in [2.24, 2.45) is 0 Å². The maximum atomic E-state index is 10.6. The monoisotopic (exact) mass is 224 g/mol. The average Bonchev–Trinajstić information content (AvgIpc) is 2.16. The van der Waals surface area contributed by atoms with Gasteiger partial charge in [-0.1, -0.05) is 6.07 Å². The van der Waals surface area contributed by atoms with Crippen molar-refractivity contribution in [1.29, 1.82) is 0 Å². The quantitative estimate of drug-likeness (QED) is 0.832. The molecule has 0 aliphatic heterocycles. The zero-order valence-electron chi connectivity index (χ0n) is 9.69. The summed E-state index contributed by atoms with van der Waals surface area (Å²) in [6.45, 7) is 3.81. The molecule has 0 fully saturated rings. The molecular weight excluding hydrogens is 208 g/mol. The van der Waals surface area contributed by atoms with E-state index in [-0.39, 0.29) is 12.5 Å². The molecule has 0 saturated carbocycles. The van der Waals surface area contributed by atoms with Crippen LogP contribution in [0.25, 0.3) is 0 Å². The highest BCUT2D eigenvalue weighted by Crippen LogP contribution is 2.29. The van der Waals surface area contributed by atoms with Crippen LogP contribution in [0.2, 0.25) is 0 Å². The Bertz CT molecular complexity index is 371. The summed E-state index contributed by atoms with van der Waals surface area (Å²) in [5.41, 5.74) is 0.698. The molecule has 88 valence electrons. The van der Waals surface area contributed by atoms with Crippen molar-refractivity contribution >= 4 is 5.97 Å². The number of carbonyl (C=O) groups is 1. The smallest absolute Gasteiger partial charge is 0.307 e. The highest BCUT2D eigenvalue weighted by Gasteiger charge is 2.09. The third-order valence-electron chi connectivity index (χ3n) is 1.95. The highest BCUT2D eigenvalue weighted by atomic mass is 16.5. The first-order valence-corrected chi connectivity index (χ1v) is 5.08. The average molecular weight is 224 g/mol. The molecule has 1 N–H and O–H groups in total. The van der Waals surface area contributed by atoms with Crippen molar-refractivity contribution in [2.75, 3.05) is 7.11 Å². The molecule has 0 heterocycles. The van der Waals surface area contributed by atoms with E-state index in [4.69, 9.17) is 14.6 Å². The Balaban J connectivity index is 2.96. The Morgan fingerprint density at radius 2 is 2.06 bits per heavy atom. The number of carboxylic acid groups (broad SMARTS) is 1. The van der Waals surface area contributed by atoms with E-state index in [2.05, 4.69) is 0 Å². The van der Waals surface area contributed by atoms with Crippen LogP contribution < -0.4 is 9.47 Å².